The molecule has 0 radical (unpaired) electrons. The lowest BCUT2D eigenvalue weighted by Crippen LogP contribution is -2.57. The van der Waals surface area contributed by atoms with Gasteiger partial charge in [0.05, 0.1) is 6.54 Å². The van der Waals surface area contributed by atoms with Crippen molar-refractivity contribution in [3.05, 3.63) is 71.9 Å². The number of nitrogens with one attached hydrogen (secondary N) is 4. The maximum Gasteiger partial charge on any atom is 0.326 e. The summed E-state index contributed by atoms with van der Waals surface area (Å²) in [6, 6.07) is 12.4. The summed E-state index contributed by atoms with van der Waals surface area (Å²) in [5, 5.41) is 26.8. The van der Waals surface area contributed by atoms with Gasteiger partial charge in [0, 0.05) is 36.4 Å². The molecule has 12 heteroatoms. The summed E-state index contributed by atoms with van der Waals surface area (Å²) in [6.45, 7) is -0.352. The lowest BCUT2D eigenvalue weighted by Gasteiger charge is -2.24. The molecule has 0 bridgehead atoms. The monoisotopic (exact) mass is 537 g/mol. The third kappa shape index (κ3) is 8.40. The lowest BCUT2D eigenvalue weighted by molar-refractivity contribution is -0.143. The fraction of sp³-hybridized carbons (Fsp3) is 0.296. The summed E-state index contributed by atoms with van der Waals surface area (Å²) in [5.41, 5.74) is 7.75. The van der Waals surface area contributed by atoms with Gasteiger partial charge in [0.25, 0.3) is 0 Å². The number of carbonyl (C=O) groups excluding carboxylic acids is 3. The Balaban J connectivity index is 1.84. The van der Waals surface area contributed by atoms with Crippen molar-refractivity contribution >= 4 is 40.6 Å². The SMILES string of the molecule is NCC(=O)NC(Cc1c[nH]c2ccccc12)C(=O)NC(Cc1ccccc1)C(=O)NC(CCC(=O)O)C(=O)O. The van der Waals surface area contributed by atoms with Gasteiger partial charge in [-0.3, -0.25) is 19.2 Å². The van der Waals surface area contributed by atoms with Gasteiger partial charge in [0.1, 0.15) is 18.1 Å². The van der Waals surface area contributed by atoms with Crippen molar-refractivity contribution in [3.63, 3.8) is 0 Å². The average Bonchev–Trinajstić information content (AvgIpc) is 3.33. The molecule has 1 heterocycles. The molecule has 206 valence electrons. The molecule has 3 rings (SSSR count). The fourth-order valence-electron chi connectivity index (χ4n) is 4.11. The number of rotatable bonds is 14. The summed E-state index contributed by atoms with van der Waals surface area (Å²) in [6.07, 6.45) is 1.04. The van der Waals surface area contributed by atoms with Crippen molar-refractivity contribution in [1.29, 1.82) is 0 Å². The Morgan fingerprint density at radius 1 is 0.795 bits per heavy atom. The van der Waals surface area contributed by atoms with Crippen LogP contribution in [-0.2, 0) is 36.8 Å². The first-order chi connectivity index (χ1) is 18.7. The number of aromatic nitrogens is 1. The predicted octanol–water partition coefficient (Wildman–Crippen LogP) is 0.316. The van der Waals surface area contributed by atoms with Crippen LogP contribution in [0.5, 0.6) is 0 Å². The number of hydrogen-bond acceptors (Lipinski definition) is 6. The van der Waals surface area contributed by atoms with Crippen LogP contribution < -0.4 is 21.7 Å². The number of hydrogen-bond donors (Lipinski definition) is 7. The number of carboxylic acid groups (broad SMARTS) is 2. The zero-order valence-electron chi connectivity index (χ0n) is 21.1. The van der Waals surface area contributed by atoms with Crippen LogP contribution in [0, 0.1) is 0 Å². The van der Waals surface area contributed by atoms with Crippen molar-refractivity contribution in [1.82, 2.24) is 20.9 Å². The van der Waals surface area contributed by atoms with Crippen molar-refractivity contribution < 1.29 is 34.2 Å². The highest BCUT2D eigenvalue weighted by atomic mass is 16.4. The minimum Gasteiger partial charge on any atom is -0.481 e. The zero-order valence-corrected chi connectivity index (χ0v) is 21.1. The molecule has 12 nitrogen and oxygen atoms in total. The lowest BCUT2D eigenvalue weighted by atomic mass is 10.0. The zero-order chi connectivity index (χ0) is 28.4. The summed E-state index contributed by atoms with van der Waals surface area (Å²) < 4.78 is 0. The fourth-order valence-corrected chi connectivity index (χ4v) is 4.11. The summed E-state index contributed by atoms with van der Waals surface area (Å²) in [7, 11) is 0. The molecule has 3 atom stereocenters. The van der Waals surface area contributed by atoms with E-state index in [0.29, 0.717) is 5.56 Å². The van der Waals surface area contributed by atoms with E-state index in [-0.39, 0.29) is 25.8 Å². The molecule has 1 aromatic heterocycles. The molecule has 8 N–H and O–H groups in total. The first-order valence-corrected chi connectivity index (χ1v) is 12.3. The van der Waals surface area contributed by atoms with E-state index in [2.05, 4.69) is 20.9 Å². The Kier molecular flexibility index (Phi) is 10.2. The van der Waals surface area contributed by atoms with Crippen LogP contribution in [0.3, 0.4) is 0 Å². The first-order valence-electron chi connectivity index (χ1n) is 12.3. The second-order valence-corrected chi connectivity index (χ2v) is 8.97. The van der Waals surface area contributed by atoms with Crippen LogP contribution in [0.25, 0.3) is 10.9 Å². The average molecular weight is 538 g/mol. The molecule has 39 heavy (non-hydrogen) atoms. The Hall–Kier alpha value is -4.71. The number of benzene rings is 2. The highest BCUT2D eigenvalue weighted by molar-refractivity contribution is 5.94. The minimum absolute atomic E-state index is 0.0221. The predicted molar refractivity (Wildman–Crippen MR) is 142 cm³/mol. The van der Waals surface area contributed by atoms with Crippen molar-refractivity contribution in [2.75, 3.05) is 6.54 Å². The molecule has 2 aromatic carbocycles. The quantitative estimate of drug-likeness (QED) is 0.152. The van der Waals surface area contributed by atoms with Gasteiger partial charge in [-0.05, 0) is 23.6 Å². The third-order valence-corrected chi connectivity index (χ3v) is 6.11. The van der Waals surface area contributed by atoms with Gasteiger partial charge in [-0.1, -0.05) is 48.5 Å². The van der Waals surface area contributed by atoms with Crippen LogP contribution >= 0.6 is 0 Å². The number of H-pyrrole nitrogens is 1. The van der Waals surface area contributed by atoms with Crippen molar-refractivity contribution in [2.24, 2.45) is 5.73 Å². The minimum atomic E-state index is -1.47. The molecule has 3 aromatic rings. The Bertz CT molecular complexity index is 1320. The van der Waals surface area contributed by atoms with Crippen molar-refractivity contribution in [2.45, 2.75) is 43.8 Å². The van der Waals surface area contributed by atoms with Crippen LogP contribution in [0.1, 0.15) is 24.0 Å². The highest BCUT2D eigenvalue weighted by Crippen LogP contribution is 2.19. The van der Waals surface area contributed by atoms with Crippen molar-refractivity contribution in [3.8, 4) is 0 Å². The molecule has 0 spiro atoms. The highest BCUT2D eigenvalue weighted by Gasteiger charge is 2.30. The molecule has 0 aliphatic rings. The number of aromatic amines is 1. The molecular formula is C27H31N5O7. The molecule has 0 saturated heterocycles. The molecular weight excluding hydrogens is 506 g/mol. The van der Waals surface area contributed by atoms with Gasteiger partial charge in [-0.15, -0.1) is 0 Å². The van der Waals surface area contributed by atoms with E-state index in [0.717, 1.165) is 16.5 Å². The van der Waals surface area contributed by atoms with E-state index in [4.69, 9.17) is 10.8 Å². The second-order valence-electron chi connectivity index (χ2n) is 8.97. The number of aliphatic carboxylic acids is 2. The number of para-hydroxylation sites is 1. The smallest absolute Gasteiger partial charge is 0.326 e. The summed E-state index contributed by atoms with van der Waals surface area (Å²) >= 11 is 0. The third-order valence-electron chi connectivity index (χ3n) is 6.11. The number of carboxylic acids is 2. The largest absolute Gasteiger partial charge is 0.481 e. The first kappa shape index (κ1) is 28.9. The Morgan fingerprint density at radius 3 is 2.05 bits per heavy atom. The molecule has 0 aliphatic carbocycles. The van der Waals surface area contributed by atoms with E-state index in [1.807, 2.05) is 24.3 Å². The van der Waals surface area contributed by atoms with E-state index in [9.17, 15) is 29.1 Å². The van der Waals surface area contributed by atoms with Gasteiger partial charge >= 0.3 is 11.9 Å². The summed E-state index contributed by atoms with van der Waals surface area (Å²) in [4.78, 5) is 64.5. The number of nitrogens with two attached hydrogens (primary N) is 1. The summed E-state index contributed by atoms with van der Waals surface area (Å²) in [5.74, 6) is -4.66. The molecule has 3 amide bonds. The second kappa shape index (κ2) is 13.7. The van der Waals surface area contributed by atoms with Gasteiger partial charge in [0.2, 0.25) is 17.7 Å². The Labute approximate surface area is 224 Å². The Morgan fingerprint density at radius 2 is 1.41 bits per heavy atom. The molecule has 0 fully saturated rings. The maximum absolute atomic E-state index is 13.4. The van der Waals surface area contributed by atoms with Crippen LogP contribution in [0.2, 0.25) is 0 Å². The normalized spacial score (nSPS) is 13.2. The van der Waals surface area contributed by atoms with E-state index in [1.54, 1.807) is 36.5 Å². The number of carbonyl (C=O) groups is 5. The maximum atomic E-state index is 13.4. The molecule has 0 aliphatic heterocycles. The topological polar surface area (TPSA) is 204 Å². The van der Waals surface area contributed by atoms with Gasteiger partial charge in [0.15, 0.2) is 0 Å². The van der Waals surface area contributed by atoms with Crippen LogP contribution in [-0.4, -0.2) is 69.5 Å². The molecule has 0 saturated carbocycles. The van der Waals surface area contributed by atoms with Gasteiger partial charge in [-0.2, -0.15) is 0 Å². The number of fused-ring (bicyclic) bond motifs is 1. The van der Waals surface area contributed by atoms with E-state index >= 15 is 0 Å². The standard InChI is InChI=1S/C27H31N5O7/c28-14-23(33)30-22(13-17-15-29-19-9-5-4-8-18(17)19)26(37)32-21(12-16-6-2-1-3-7-16)25(36)31-20(27(38)39)10-11-24(34)35/h1-9,15,20-22,29H,10-14,28H2,(H,30,33)(H,31,36)(H,32,37)(H,34,35)(H,38,39). The van der Waals surface area contributed by atoms with Gasteiger partial charge < -0.3 is 36.9 Å². The van der Waals surface area contributed by atoms with Crippen LogP contribution in [0.4, 0.5) is 0 Å². The molecule has 3 unspecified atom stereocenters. The van der Waals surface area contributed by atoms with E-state index < -0.39 is 54.2 Å². The number of amides is 3. The van der Waals surface area contributed by atoms with Crippen LogP contribution in [0.15, 0.2) is 60.8 Å². The van der Waals surface area contributed by atoms with Gasteiger partial charge in [-0.25, -0.2) is 4.79 Å². The van der Waals surface area contributed by atoms with E-state index in [1.165, 1.54) is 0 Å².